The number of anilines is 1. The van der Waals surface area contributed by atoms with Gasteiger partial charge in [0.15, 0.2) is 0 Å². The average Bonchev–Trinajstić information content (AvgIpc) is 3.23. The summed E-state index contributed by atoms with van der Waals surface area (Å²) in [5.41, 5.74) is 0.391. The Balaban J connectivity index is 1.38. The van der Waals surface area contributed by atoms with Gasteiger partial charge in [0.05, 0.1) is 22.5 Å². The fourth-order valence-corrected chi connectivity index (χ4v) is 4.48. The van der Waals surface area contributed by atoms with Gasteiger partial charge in [-0.2, -0.15) is 0 Å². The van der Waals surface area contributed by atoms with E-state index < -0.39 is 6.03 Å². The van der Waals surface area contributed by atoms with Gasteiger partial charge in [-0.1, -0.05) is 35.4 Å². The summed E-state index contributed by atoms with van der Waals surface area (Å²) in [7, 11) is 0. The molecule has 3 aliphatic rings. The maximum atomic E-state index is 12.5. The number of hydrogen-bond acceptors (Lipinski definition) is 3. The monoisotopic (exact) mass is 379 g/mol. The number of allylic oxidation sites excluding steroid dienone is 2. The van der Waals surface area contributed by atoms with E-state index in [1.165, 1.54) is 6.07 Å². The van der Waals surface area contributed by atoms with Gasteiger partial charge in [-0.25, -0.2) is 4.79 Å². The fourth-order valence-electron chi connectivity index (χ4n) is 4.03. The molecule has 1 aromatic rings. The lowest BCUT2D eigenvalue weighted by Gasteiger charge is -2.18. The lowest BCUT2D eigenvalue weighted by molar-refractivity contribution is -0.140. The number of urea groups is 1. The van der Waals surface area contributed by atoms with Crippen molar-refractivity contribution in [3.63, 3.8) is 0 Å². The minimum absolute atomic E-state index is 0.151. The zero-order valence-corrected chi connectivity index (χ0v) is 14.6. The number of nitrogens with one attached hydrogen (secondary N) is 2. The number of carbonyl (C=O) groups is 3. The molecule has 1 saturated heterocycles. The molecular formula is C17H15Cl2N3O3. The highest BCUT2D eigenvalue weighted by atomic mass is 35.5. The third-order valence-electron chi connectivity index (χ3n) is 5.14. The van der Waals surface area contributed by atoms with Crippen LogP contribution < -0.4 is 10.6 Å². The smallest absolute Gasteiger partial charge is 0.320 e. The molecule has 2 bridgehead atoms. The van der Waals surface area contributed by atoms with Crippen molar-refractivity contribution in [1.82, 2.24) is 10.2 Å². The Hall–Kier alpha value is -2.05. The average molecular weight is 380 g/mol. The van der Waals surface area contributed by atoms with Crippen molar-refractivity contribution in [2.75, 3.05) is 12.0 Å². The van der Waals surface area contributed by atoms with Gasteiger partial charge in [-0.15, -0.1) is 0 Å². The Bertz CT molecular complexity index is 780. The van der Waals surface area contributed by atoms with Crippen molar-refractivity contribution in [3.8, 4) is 0 Å². The van der Waals surface area contributed by atoms with Crippen molar-refractivity contribution < 1.29 is 14.4 Å². The second-order valence-corrected chi connectivity index (χ2v) is 7.36. The van der Waals surface area contributed by atoms with Crippen LogP contribution in [0.2, 0.25) is 10.0 Å². The summed E-state index contributed by atoms with van der Waals surface area (Å²) in [6.07, 6.45) is 4.94. The van der Waals surface area contributed by atoms with E-state index >= 15 is 0 Å². The Morgan fingerprint density at radius 3 is 2.36 bits per heavy atom. The lowest BCUT2D eigenvalue weighted by Crippen LogP contribution is -2.43. The molecule has 6 nitrogen and oxygen atoms in total. The van der Waals surface area contributed by atoms with Crippen LogP contribution >= 0.6 is 23.2 Å². The number of likely N-dealkylation sites (tertiary alicyclic amines) is 1. The molecule has 2 aliphatic carbocycles. The molecule has 25 heavy (non-hydrogen) atoms. The molecule has 4 amide bonds. The van der Waals surface area contributed by atoms with Crippen LogP contribution in [-0.2, 0) is 9.59 Å². The van der Waals surface area contributed by atoms with Crippen molar-refractivity contribution in [3.05, 3.63) is 40.4 Å². The van der Waals surface area contributed by atoms with Crippen LogP contribution in [0, 0.1) is 23.7 Å². The highest BCUT2D eigenvalue weighted by Gasteiger charge is 2.59. The van der Waals surface area contributed by atoms with E-state index in [0.29, 0.717) is 15.7 Å². The number of halogens is 2. The predicted octanol–water partition coefficient (Wildman–Crippen LogP) is 2.88. The van der Waals surface area contributed by atoms with Crippen LogP contribution in [0.4, 0.5) is 10.5 Å². The fraction of sp³-hybridized carbons (Fsp3) is 0.353. The summed E-state index contributed by atoms with van der Waals surface area (Å²) in [5, 5.41) is 5.86. The number of benzene rings is 1. The van der Waals surface area contributed by atoms with E-state index in [9.17, 15) is 14.4 Å². The first kappa shape index (κ1) is 16.4. The summed E-state index contributed by atoms with van der Waals surface area (Å²) in [5.74, 6) is -0.624. The Kier molecular flexibility index (Phi) is 3.96. The Morgan fingerprint density at radius 2 is 1.76 bits per heavy atom. The van der Waals surface area contributed by atoms with Crippen molar-refractivity contribution >= 4 is 46.7 Å². The lowest BCUT2D eigenvalue weighted by atomic mass is 9.85. The first-order valence-electron chi connectivity index (χ1n) is 7.99. The van der Waals surface area contributed by atoms with Gasteiger partial charge >= 0.3 is 6.03 Å². The molecule has 1 saturated carbocycles. The van der Waals surface area contributed by atoms with Crippen LogP contribution in [0.1, 0.15) is 6.42 Å². The van der Waals surface area contributed by atoms with E-state index in [1.807, 2.05) is 12.2 Å². The molecule has 2 fully saturated rings. The van der Waals surface area contributed by atoms with Gasteiger partial charge in [-0.05, 0) is 36.5 Å². The molecule has 130 valence electrons. The molecule has 0 radical (unpaired) electrons. The molecule has 4 atom stereocenters. The third kappa shape index (κ3) is 2.69. The summed E-state index contributed by atoms with van der Waals surface area (Å²) in [6, 6.07) is 4.13. The molecular weight excluding hydrogens is 365 g/mol. The van der Waals surface area contributed by atoms with Crippen molar-refractivity contribution in [1.29, 1.82) is 0 Å². The summed E-state index contributed by atoms with van der Waals surface area (Å²) >= 11 is 11.8. The van der Waals surface area contributed by atoms with E-state index in [4.69, 9.17) is 23.2 Å². The number of rotatable bonds is 3. The minimum Gasteiger partial charge on any atom is -0.320 e. The van der Waals surface area contributed by atoms with E-state index in [-0.39, 0.29) is 42.2 Å². The standard InChI is InChI=1S/C17H15Cl2N3O3/c18-10-3-4-12(11(19)6-10)21-17(25)20-7-22-15(23)13-8-1-2-9(5-8)14(13)16(22)24/h1-4,6,8-9,13-14H,5,7H2,(H2,20,21,25). The maximum absolute atomic E-state index is 12.5. The number of carbonyl (C=O) groups excluding carboxylic acids is 3. The predicted molar refractivity (Wildman–Crippen MR) is 93.1 cm³/mol. The third-order valence-corrected chi connectivity index (χ3v) is 5.69. The van der Waals surface area contributed by atoms with Gasteiger partial charge < -0.3 is 10.6 Å². The van der Waals surface area contributed by atoms with Gasteiger partial charge in [0, 0.05) is 5.02 Å². The van der Waals surface area contributed by atoms with Gasteiger partial charge in [0.2, 0.25) is 11.8 Å². The highest BCUT2D eigenvalue weighted by Crippen LogP contribution is 2.52. The van der Waals surface area contributed by atoms with Crippen molar-refractivity contribution in [2.24, 2.45) is 23.7 Å². The Morgan fingerprint density at radius 1 is 1.12 bits per heavy atom. The quantitative estimate of drug-likeness (QED) is 0.625. The number of amides is 4. The van der Waals surface area contributed by atoms with Crippen LogP contribution in [0.25, 0.3) is 0 Å². The number of imide groups is 1. The first-order chi connectivity index (χ1) is 12.0. The van der Waals surface area contributed by atoms with Crippen LogP contribution in [-0.4, -0.2) is 29.4 Å². The van der Waals surface area contributed by atoms with E-state index in [1.54, 1.807) is 12.1 Å². The molecule has 4 unspecified atom stereocenters. The molecule has 2 N–H and O–H groups in total. The second-order valence-electron chi connectivity index (χ2n) is 6.52. The van der Waals surface area contributed by atoms with Crippen LogP contribution in [0.3, 0.4) is 0 Å². The molecule has 8 heteroatoms. The summed E-state index contributed by atoms with van der Waals surface area (Å²) in [6.45, 7) is -0.152. The molecule has 4 rings (SSSR count). The first-order valence-corrected chi connectivity index (χ1v) is 8.75. The van der Waals surface area contributed by atoms with Gasteiger partial charge in [-0.3, -0.25) is 14.5 Å². The van der Waals surface area contributed by atoms with E-state index in [0.717, 1.165) is 11.3 Å². The van der Waals surface area contributed by atoms with E-state index in [2.05, 4.69) is 10.6 Å². The number of nitrogens with zero attached hydrogens (tertiary/aromatic N) is 1. The maximum Gasteiger partial charge on any atom is 0.320 e. The molecule has 0 spiro atoms. The Labute approximate surface area is 154 Å². The molecule has 0 aromatic heterocycles. The SMILES string of the molecule is O=C(NCN1C(=O)C2C3C=CC(C3)C2C1=O)Nc1ccc(Cl)cc1Cl. The molecule has 1 heterocycles. The van der Waals surface area contributed by atoms with Crippen LogP contribution in [0.5, 0.6) is 0 Å². The molecule has 1 aliphatic heterocycles. The number of fused-ring (bicyclic) bond motifs is 5. The second kappa shape index (κ2) is 6.04. The summed E-state index contributed by atoms with van der Waals surface area (Å²) < 4.78 is 0. The zero-order chi connectivity index (χ0) is 17.7. The zero-order valence-electron chi connectivity index (χ0n) is 13.0. The highest BCUT2D eigenvalue weighted by molar-refractivity contribution is 6.36. The normalized spacial score (nSPS) is 29.3. The van der Waals surface area contributed by atoms with Gasteiger partial charge in [0.1, 0.15) is 6.67 Å². The largest absolute Gasteiger partial charge is 0.320 e. The van der Waals surface area contributed by atoms with Crippen LogP contribution in [0.15, 0.2) is 30.4 Å². The summed E-state index contributed by atoms with van der Waals surface area (Å²) in [4.78, 5) is 38.2. The molecule has 1 aromatic carbocycles. The minimum atomic E-state index is -0.553. The number of hydrogen-bond donors (Lipinski definition) is 2. The van der Waals surface area contributed by atoms with Crippen molar-refractivity contribution in [2.45, 2.75) is 6.42 Å². The topological polar surface area (TPSA) is 78.5 Å². The van der Waals surface area contributed by atoms with Gasteiger partial charge in [0.25, 0.3) is 0 Å².